The van der Waals surface area contributed by atoms with Crippen LogP contribution < -0.4 is 5.56 Å². The molecular weight excluding hydrogens is 278 g/mol. The maximum Gasteiger partial charge on any atom is 0.421 e. The van der Waals surface area contributed by atoms with Gasteiger partial charge in [0.15, 0.2) is 0 Å². The minimum atomic E-state index is -0.610. The van der Waals surface area contributed by atoms with E-state index in [1.165, 1.54) is 17.8 Å². The third kappa shape index (κ3) is 4.88. The van der Waals surface area contributed by atoms with Crippen molar-refractivity contribution >= 4 is 6.09 Å². The molecule has 0 aliphatic rings. The molecule has 4 nitrogen and oxygen atoms in total. The second kappa shape index (κ2) is 8.17. The van der Waals surface area contributed by atoms with Gasteiger partial charge in [0, 0.05) is 12.3 Å². The molecule has 0 bridgehead atoms. The Hall–Kier alpha value is -2.36. The number of hydrogen-bond donors (Lipinski definition) is 0. The van der Waals surface area contributed by atoms with Crippen LogP contribution in [-0.2, 0) is 11.2 Å². The van der Waals surface area contributed by atoms with Crippen LogP contribution in [0.1, 0.15) is 31.7 Å². The first-order chi connectivity index (χ1) is 10.7. The SMILES string of the molecule is CC(CCCCc1ccccc1)OC(=O)n1ccccc1=O. The zero-order valence-electron chi connectivity index (χ0n) is 12.8. The number of aryl methyl sites for hydroxylation is 1. The van der Waals surface area contributed by atoms with Crippen LogP contribution in [0.3, 0.4) is 0 Å². The van der Waals surface area contributed by atoms with E-state index in [1.54, 1.807) is 12.1 Å². The summed E-state index contributed by atoms with van der Waals surface area (Å²) >= 11 is 0. The zero-order chi connectivity index (χ0) is 15.8. The molecule has 0 N–H and O–H groups in total. The van der Waals surface area contributed by atoms with Crippen molar-refractivity contribution < 1.29 is 9.53 Å². The van der Waals surface area contributed by atoms with Crippen molar-refractivity contribution in [2.45, 2.75) is 38.7 Å². The first kappa shape index (κ1) is 16.0. The lowest BCUT2D eigenvalue weighted by Crippen LogP contribution is -2.28. The Kier molecular flexibility index (Phi) is 5.95. The van der Waals surface area contributed by atoms with Crippen LogP contribution in [0.5, 0.6) is 0 Å². The van der Waals surface area contributed by atoms with Gasteiger partial charge in [0.2, 0.25) is 0 Å². The minimum Gasteiger partial charge on any atom is -0.446 e. The van der Waals surface area contributed by atoms with Gasteiger partial charge >= 0.3 is 6.09 Å². The number of hydrogen-bond acceptors (Lipinski definition) is 3. The van der Waals surface area contributed by atoms with Gasteiger partial charge in [0.1, 0.15) is 6.10 Å². The number of nitrogens with zero attached hydrogens (tertiary/aromatic N) is 1. The monoisotopic (exact) mass is 299 g/mol. The Labute approximate surface area is 130 Å². The number of rotatable bonds is 6. The molecule has 0 aliphatic heterocycles. The fourth-order valence-corrected chi connectivity index (χ4v) is 2.27. The van der Waals surface area contributed by atoms with Crippen molar-refractivity contribution in [3.63, 3.8) is 0 Å². The molecule has 0 amide bonds. The van der Waals surface area contributed by atoms with Gasteiger partial charge < -0.3 is 4.74 Å². The second-order valence-electron chi connectivity index (χ2n) is 5.33. The summed E-state index contributed by atoms with van der Waals surface area (Å²) < 4.78 is 6.28. The third-order valence-corrected chi connectivity index (χ3v) is 3.49. The predicted octanol–water partition coefficient (Wildman–Crippen LogP) is 3.63. The van der Waals surface area contributed by atoms with Gasteiger partial charge in [-0.25, -0.2) is 9.36 Å². The van der Waals surface area contributed by atoms with Crippen LogP contribution in [-0.4, -0.2) is 16.8 Å². The molecule has 1 atom stereocenters. The third-order valence-electron chi connectivity index (χ3n) is 3.49. The summed E-state index contributed by atoms with van der Waals surface area (Å²) in [5, 5.41) is 0. The summed E-state index contributed by atoms with van der Waals surface area (Å²) in [5.74, 6) is 0. The van der Waals surface area contributed by atoms with E-state index >= 15 is 0 Å². The molecule has 22 heavy (non-hydrogen) atoms. The summed E-state index contributed by atoms with van der Waals surface area (Å²) in [6.45, 7) is 1.86. The van der Waals surface area contributed by atoms with Crippen molar-refractivity contribution in [1.29, 1.82) is 0 Å². The van der Waals surface area contributed by atoms with Gasteiger partial charge in [-0.3, -0.25) is 4.79 Å². The van der Waals surface area contributed by atoms with Crippen LogP contribution >= 0.6 is 0 Å². The number of carbonyl (C=O) groups excluding carboxylic acids is 1. The standard InChI is InChI=1S/C18H21NO3/c1-15(9-5-6-12-16-10-3-2-4-11-16)22-18(21)19-14-8-7-13-17(19)20/h2-4,7-8,10-11,13-15H,5-6,9,12H2,1H3. The molecule has 1 heterocycles. The number of unbranched alkanes of at least 4 members (excludes halogenated alkanes) is 1. The highest BCUT2D eigenvalue weighted by atomic mass is 16.6. The zero-order valence-corrected chi connectivity index (χ0v) is 12.8. The second-order valence-corrected chi connectivity index (χ2v) is 5.33. The molecule has 1 aromatic heterocycles. The van der Waals surface area contributed by atoms with Gasteiger partial charge in [-0.1, -0.05) is 36.4 Å². The van der Waals surface area contributed by atoms with E-state index < -0.39 is 6.09 Å². The molecule has 0 aliphatic carbocycles. The molecule has 4 heteroatoms. The quantitative estimate of drug-likeness (QED) is 0.765. The normalized spacial score (nSPS) is 11.9. The average Bonchev–Trinajstić information content (AvgIpc) is 2.53. The molecule has 0 saturated carbocycles. The molecule has 0 radical (unpaired) electrons. The van der Waals surface area contributed by atoms with Crippen LogP contribution in [0.15, 0.2) is 59.5 Å². The van der Waals surface area contributed by atoms with Crippen LogP contribution in [0, 0.1) is 0 Å². The number of pyridine rings is 1. The van der Waals surface area contributed by atoms with Crippen LogP contribution in [0.2, 0.25) is 0 Å². The summed E-state index contributed by atoms with van der Waals surface area (Å²) in [6, 6.07) is 14.9. The summed E-state index contributed by atoms with van der Waals surface area (Å²) in [4.78, 5) is 23.4. The maximum absolute atomic E-state index is 11.9. The first-order valence-corrected chi connectivity index (χ1v) is 7.59. The largest absolute Gasteiger partial charge is 0.446 e. The van der Waals surface area contributed by atoms with E-state index in [0.717, 1.165) is 30.3 Å². The number of benzene rings is 1. The van der Waals surface area contributed by atoms with Crippen molar-refractivity contribution in [1.82, 2.24) is 4.57 Å². The van der Waals surface area contributed by atoms with E-state index in [0.29, 0.717) is 0 Å². The molecular formula is C18H21NO3. The smallest absolute Gasteiger partial charge is 0.421 e. The van der Waals surface area contributed by atoms with Crippen LogP contribution in [0.25, 0.3) is 0 Å². The van der Waals surface area contributed by atoms with E-state index in [-0.39, 0.29) is 11.7 Å². The predicted molar refractivity (Wildman–Crippen MR) is 86.0 cm³/mol. The Balaban J connectivity index is 1.72. The number of ether oxygens (including phenoxy) is 1. The lowest BCUT2D eigenvalue weighted by molar-refractivity contribution is 0.101. The Morgan fingerprint density at radius 1 is 1.09 bits per heavy atom. The fraction of sp³-hybridized carbons (Fsp3) is 0.333. The van der Waals surface area contributed by atoms with Gasteiger partial charge in [-0.15, -0.1) is 0 Å². The number of aromatic nitrogens is 1. The molecule has 2 rings (SSSR count). The highest BCUT2D eigenvalue weighted by Crippen LogP contribution is 2.10. The molecule has 116 valence electrons. The Bertz CT molecular complexity index is 649. The molecule has 0 spiro atoms. The van der Waals surface area contributed by atoms with Gasteiger partial charge in [0.05, 0.1) is 0 Å². The van der Waals surface area contributed by atoms with Crippen molar-refractivity contribution in [2.75, 3.05) is 0 Å². The minimum absolute atomic E-state index is 0.199. The molecule has 0 saturated heterocycles. The van der Waals surface area contributed by atoms with E-state index in [1.807, 2.05) is 25.1 Å². The summed E-state index contributed by atoms with van der Waals surface area (Å²) in [5.41, 5.74) is 0.951. The fourth-order valence-electron chi connectivity index (χ4n) is 2.27. The summed E-state index contributed by atoms with van der Waals surface area (Å²) in [6.07, 6.45) is 4.47. The lowest BCUT2D eigenvalue weighted by atomic mass is 10.1. The molecule has 0 fully saturated rings. The van der Waals surface area contributed by atoms with E-state index in [2.05, 4.69) is 12.1 Å². The molecule has 1 aromatic carbocycles. The Morgan fingerprint density at radius 3 is 2.55 bits per heavy atom. The average molecular weight is 299 g/mol. The van der Waals surface area contributed by atoms with Crippen LogP contribution in [0.4, 0.5) is 4.79 Å². The highest BCUT2D eigenvalue weighted by Gasteiger charge is 2.12. The Morgan fingerprint density at radius 2 is 1.82 bits per heavy atom. The lowest BCUT2D eigenvalue weighted by Gasteiger charge is -2.13. The highest BCUT2D eigenvalue weighted by molar-refractivity contribution is 5.70. The maximum atomic E-state index is 11.9. The van der Waals surface area contributed by atoms with Gasteiger partial charge in [-0.05, 0) is 44.2 Å². The van der Waals surface area contributed by atoms with Gasteiger partial charge in [0.25, 0.3) is 5.56 Å². The topological polar surface area (TPSA) is 48.3 Å². The molecule has 2 aromatic rings. The molecule has 1 unspecified atom stereocenters. The first-order valence-electron chi connectivity index (χ1n) is 7.59. The van der Waals surface area contributed by atoms with Gasteiger partial charge in [-0.2, -0.15) is 0 Å². The van der Waals surface area contributed by atoms with Crippen molar-refractivity contribution in [3.05, 3.63) is 70.6 Å². The summed E-state index contributed by atoms with van der Waals surface area (Å²) in [7, 11) is 0. The van der Waals surface area contributed by atoms with E-state index in [4.69, 9.17) is 4.74 Å². The van der Waals surface area contributed by atoms with E-state index in [9.17, 15) is 9.59 Å². The number of carbonyl (C=O) groups is 1. The van der Waals surface area contributed by atoms with Crippen molar-refractivity contribution in [3.8, 4) is 0 Å². The van der Waals surface area contributed by atoms with Crippen molar-refractivity contribution in [2.24, 2.45) is 0 Å².